The Hall–Kier alpha value is -1.96. The molecule has 134 valence electrons. The number of rotatable bonds is 4. The Morgan fingerprint density at radius 2 is 1.48 bits per heavy atom. The normalized spacial score (nSPS) is 19.7. The van der Waals surface area contributed by atoms with Crippen LogP contribution in [0.4, 0.5) is 0 Å². The first-order valence-corrected chi connectivity index (χ1v) is 9.59. The predicted molar refractivity (Wildman–Crippen MR) is 103 cm³/mol. The third-order valence-corrected chi connectivity index (χ3v) is 6.13. The van der Waals surface area contributed by atoms with Crippen molar-refractivity contribution in [3.8, 4) is 11.5 Å². The van der Waals surface area contributed by atoms with E-state index in [9.17, 15) is 10.2 Å². The van der Waals surface area contributed by atoms with E-state index >= 15 is 0 Å². The number of hydrogen-bond acceptors (Lipinski definition) is 2. The molecule has 0 spiro atoms. The first-order chi connectivity index (χ1) is 12.0. The van der Waals surface area contributed by atoms with Crippen LogP contribution in [0.3, 0.4) is 0 Å². The molecular weight excluding hydrogens is 308 g/mol. The number of phenols is 2. The van der Waals surface area contributed by atoms with Gasteiger partial charge in [0.25, 0.3) is 0 Å². The van der Waals surface area contributed by atoms with Crippen molar-refractivity contribution in [2.45, 2.75) is 64.7 Å². The Morgan fingerprint density at radius 3 is 1.96 bits per heavy atom. The number of hydrogen-bond donors (Lipinski definition) is 2. The van der Waals surface area contributed by atoms with E-state index in [0.717, 1.165) is 17.5 Å². The fourth-order valence-electron chi connectivity index (χ4n) is 4.78. The Morgan fingerprint density at radius 1 is 0.920 bits per heavy atom. The highest BCUT2D eigenvalue weighted by Gasteiger charge is 2.43. The molecule has 2 aromatic carbocycles. The topological polar surface area (TPSA) is 40.5 Å². The Kier molecular flexibility index (Phi) is 5.08. The molecule has 2 heteroatoms. The van der Waals surface area contributed by atoms with Crippen molar-refractivity contribution in [1.29, 1.82) is 0 Å². The molecule has 1 saturated carbocycles. The van der Waals surface area contributed by atoms with Gasteiger partial charge in [0.15, 0.2) is 0 Å². The molecule has 1 fully saturated rings. The van der Waals surface area contributed by atoms with E-state index in [2.05, 4.69) is 31.2 Å². The number of phenolic OH excluding ortho intramolecular Hbond substituents is 2. The van der Waals surface area contributed by atoms with Gasteiger partial charge in [-0.3, -0.25) is 0 Å². The molecule has 0 heterocycles. The van der Waals surface area contributed by atoms with Gasteiger partial charge in [-0.2, -0.15) is 0 Å². The van der Waals surface area contributed by atoms with Crippen LogP contribution in [0.1, 0.15) is 67.7 Å². The molecule has 1 aliphatic rings. The maximum atomic E-state index is 10.0. The van der Waals surface area contributed by atoms with Crippen LogP contribution in [0.15, 0.2) is 36.4 Å². The zero-order valence-corrected chi connectivity index (χ0v) is 15.7. The van der Waals surface area contributed by atoms with E-state index in [-0.39, 0.29) is 5.41 Å². The molecule has 2 nitrogen and oxygen atoms in total. The first kappa shape index (κ1) is 17.8. The second-order valence-electron chi connectivity index (χ2n) is 7.71. The van der Waals surface area contributed by atoms with Crippen LogP contribution >= 0.6 is 0 Å². The third-order valence-electron chi connectivity index (χ3n) is 6.13. The van der Waals surface area contributed by atoms with E-state index in [4.69, 9.17) is 0 Å². The van der Waals surface area contributed by atoms with Crippen LogP contribution in [-0.2, 0) is 5.41 Å². The Labute approximate surface area is 151 Å². The predicted octanol–water partition coefficient (Wildman–Crippen LogP) is 5.99. The quantitative estimate of drug-likeness (QED) is 0.718. The molecule has 1 unspecified atom stereocenters. The summed E-state index contributed by atoms with van der Waals surface area (Å²) < 4.78 is 0. The van der Waals surface area contributed by atoms with Crippen LogP contribution in [0.5, 0.6) is 11.5 Å². The standard InChI is InChI=1S/C23H30O2/c1-4-7-18-8-5-6-13-23(18,19-9-11-21(24)16(2)14-19)20-10-12-22(25)17(3)15-20/h9-12,14-15,18,24-25H,4-8,13H2,1-3H3. The van der Waals surface area contributed by atoms with Crippen LogP contribution < -0.4 is 0 Å². The van der Waals surface area contributed by atoms with Crippen LogP contribution in [0, 0.1) is 19.8 Å². The lowest BCUT2D eigenvalue weighted by Crippen LogP contribution is -2.39. The van der Waals surface area contributed by atoms with Gasteiger partial charge in [0.2, 0.25) is 0 Å². The van der Waals surface area contributed by atoms with Crippen molar-refractivity contribution in [2.75, 3.05) is 0 Å². The minimum atomic E-state index is -0.0226. The summed E-state index contributed by atoms with van der Waals surface area (Å²) in [4.78, 5) is 0. The fraction of sp³-hybridized carbons (Fsp3) is 0.478. The minimum Gasteiger partial charge on any atom is -0.508 e. The zero-order chi connectivity index (χ0) is 18.0. The second-order valence-corrected chi connectivity index (χ2v) is 7.71. The van der Waals surface area contributed by atoms with Gasteiger partial charge in [0.05, 0.1) is 0 Å². The van der Waals surface area contributed by atoms with Crippen LogP contribution in [0.2, 0.25) is 0 Å². The smallest absolute Gasteiger partial charge is 0.118 e. The van der Waals surface area contributed by atoms with Gasteiger partial charge in [-0.1, -0.05) is 50.5 Å². The fourth-order valence-corrected chi connectivity index (χ4v) is 4.78. The molecule has 0 bridgehead atoms. The average Bonchev–Trinajstić information content (AvgIpc) is 2.61. The first-order valence-electron chi connectivity index (χ1n) is 9.59. The van der Waals surface area contributed by atoms with Gasteiger partial charge in [-0.15, -0.1) is 0 Å². The number of aromatic hydroxyl groups is 2. The summed E-state index contributed by atoms with van der Waals surface area (Å²) in [6.45, 7) is 6.22. The highest BCUT2D eigenvalue weighted by atomic mass is 16.3. The van der Waals surface area contributed by atoms with Crippen molar-refractivity contribution < 1.29 is 10.2 Å². The lowest BCUT2D eigenvalue weighted by atomic mass is 9.58. The Balaban J connectivity index is 2.22. The van der Waals surface area contributed by atoms with Gasteiger partial charge >= 0.3 is 0 Å². The largest absolute Gasteiger partial charge is 0.508 e. The SMILES string of the molecule is CCCC1CCCCC1(c1ccc(O)c(C)c1)c1ccc(O)c(C)c1. The summed E-state index contributed by atoms with van der Waals surface area (Å²) in [5.74, 6) is 1.33. The van der Waals surface area contributed by atoms with E-state index in [1.54, 1.807) is 0 Å². The van der Waals surface area contributed by atoms with Crippen LogP contribution in [0.25, 0.3) is 0 Å². The molecule has 0 aliphatic heterocycles. The molecule has 0 saturated heterocycles. The van der Waals surface area contributed by atoms with Crippen molar-refractivity contribution in [3.05, 3.63) is 58.7 Å². The molecule has 25 heavy (non-hydrogen) atoms. The molecule has 0 radical (unpaired) electrons. The number of benzene rings is 2. The molecule has 1 aliphatic carbocycles. The Bertz CT molecular complexity index is 694. The van der Waals surface area contributed by atoms with Crippen molar-refractivity contribution >= 4 is 0 Å². The van der Waals surface area contributed by atoms with Crippen LogP contribution in [-0.4, -0.2) is 10.2 Å². The molecule has 3 rings (SSSR count). The second kappa shape index (κ2) is 7.11. The summed E-state index contributed by atoms with van der Waals surface area (Å²) >= 11 is 0. The van der Waals surface area contributed by atoms with E-state index < -0.39 is 0 Å². The summed E-state index contributed by atoms with van der Waals surface area (Å²) in [7, 11) is 0. The zero-order valence-electron chi connectivity index (χ0n) is 15.7. The van der Waals surface area contributed by atoms with Crippen molar-refractivity contribution in [2.24, 2.45) is 5.92 Å². The van der Waals surface area contributed by atoms with E-state index in [0.29, 0.717) is 17.4 Å². The van der Waals surface area contributed by atoms with Crippen molar-refractivity contribution in [3.63, 3.8) is 0 Å². The summed E-state index contributed by atoms with van der Waals surface area (Å²) in [5.41, 5.74) is 4.48. The minimum absolute atomic E-state index is 0.0226. The monoisotopic (exact) mass is 338 g/mol. The molecule has 0 amide bonds. The van der Waals surface area contributed by atoms with Crippen molar-refractivity contribution in [1.82, 2.24) is 0 Å². The highest BCUT2D eigenvalue weighted by Crippen LogP contribution is 2.51. The van der Waals surface area contributed by atoms with Gasteiger partial charge < -0.3 is 10.2 Å². The lowest BCUT2D eigenvalue weighted by molar-refractivity contribution is 0.211. The lowest BCUT2D eigenvalue weighted by Gasteiger charge is -2.46. The molecule has 1 atom stereocenters. The highest BCUT2D eigenvalue weighted by molar-refractivity contribution is 5.48. The summed E-state index contributed by atoms with van der Waals surface area (Å²) in [5, 5.41) is 20.0. The number of aryl methyl sites for hydroxylation is 2. The van der Waals surface area contributed by atoms with Gasteiger partial charge in [0, 0.05) is 5.41 Å². The molecule has 2 aromatic rings. The average molecular weight is 338 g/mol. The molecule has 2 N–H and O–H groups in total. The molecular formula is C23H30O2. The van der Waals surface area contributed by atoms with Gasteiger partial charge in [-0.25, -0.2) is 0 Å². The van der Waals surface area contributed by atoms with E-state index in [1.807, 2.05) is 26.0 Å². The van der Waals surface area contributed by atoms with Gasteiger partial charge in [-0.05, 0) is 73.4 Å². The maximum absolute atomic E-state index is 10.0. The third kappa shape index (κ3) is 3.15. The summed E-state index contributed by atoms with van der Waals surface area (Å²) in [6.07, 6.45) is 7.28. The molecule has 0 aromatic heterocycles. The van der Waals surface area contributed by atoms with E-state index in [1.165, 1.54) is 43.2 Å². The maximum Gasteiger partial charge on any atom is 0.118 e. The summed E-state index contributed by atoms with van der Waals surface area (Å²) in [6, 6.07) is 12.3. The van der Waals surface area contributed by atoms with Gasteiger partial charge in [0.1, 0.15) is 11.5 Å².